The molecule has 0 aliphatic rings. The number of rotatable bonds is 6. The van der Waals surface area contributed by atoms with Gasteiger partial charge in [0, 0.05) is 6.42 Å². The predicted molar refractivity (Wildman–Crippen MR) is 71.9 cm³/mol. The van der Waals surface area contributed by atoms with Crippen molar-refractivity contribution in [2.45, 2.75) is 13.3 Å². The van der Waals surface area contributed by atoms with Crippen molar-refractivity contribution in [3.05, 3.63) is 34.9 Å². The minimum Gasteiger partial charge on any atom is -0.478 e. The van der Waals surface area contributed by atoms with Crippen molar-refractivity contribution in [2.75, 3.05) is 11.9 Å². The second-order valence-corrected chi connectivity index (χ2v) is 4.31. The normalized spacial score (nSPS) is 10.0. The zero-order chi connectivity index (χ0) is 14.4. The molecule has 0 atom stereocenters. The average molecular weight is 329 g/mol. The molecule has 0 amide bonds. The SMILES string of the molecule is CCOC(=O)c1ccc(C(=O)O)cc1CC(=O)CBr. The quantitative estimate of drug-likeness (QED) is 0.638. The smallest absolute Gasteiger partial charge is 0.338 e. The Kier molecular flexibility index (Phi) is 5.69. The fourth-order valence-electron chi connectivity index (χ4n) is 1.54. The number of carbonyl (C=O) groups excluding carboxylic acids is 2. The Morgan fingerprint density at radius 1 is 1.32 bits per heavy atom. The Labute approximate surface area is 118 Å². The zero-order valence-electron chi connectivity index (χ0n) is 10.3. The molecule has 0 spiro atoms. The molecule has 0 aliphatic heterocycles. The second kappa shape index (κ2) is 7.04. The van der Waals surface area contributed by atoms with Gasteiger partial charge in [0.05, 0.1) is 23.1 Å². The van der Waals surface area contributed by atoms with Gasteiger partial charge in [-0.05, 0) is 30.7 Å². The van der Waals surface area contributed by atoms with Crippen LogP contribution in [0.15, 0.2) is 18.2 Å². The Morgan fingerprint density at radius 2 is 2.00 bits per heavy atom. The summed E-state index contributed by atoms with van der Waals surface area (Å²) in [5.74, 6) is -1.81. The van der Waals surface area contributed by atoms with Gasteiger partial charge in [-0.2, -0.15) is 0 Å². The number of benzene rings is 1. The molecule has 0 aromatic heterocycles. The first-order valence-electron chi connectivity index (χ1n) is 5.60. The van der Waals surface area contributed by atoms with Crippen LogP contribution in [0.25, 0.3) is 0 Å². The molecule has 1 N–H and O–H groups in total. The fraction of sp³-hybridized carbons (Fsp3) is 0.308. The van der Waals surface area contributed by atoms with Crippen LogP contribution >= 0.6 is 15.9 Å². The van der Waals surface area contributed by atoms with Gasteiger partial charge in [0.15, 0.2) is 0 Å². The maximum Gasteiger partial charge on any atom is 0.338 e. The van der Waals surface area contributed by atoms with Crippen molar-refractivity contribution >= 4 is 33.7 Å². The van der Waals surface area contributed by atoms with Gasteiger partial charge < -0.3 is 9.84 Å². The maximum atomic E-state index is 11.7. The fourth-order valence-corrected chi connectivity index (χ4v) is 1.74. The third kappa shape index (κ3) is 4.17. The second-order valence-electron chi connectivity index (χ2n) is 3.75. The van der Waals surface area contributed by atoms with Gasteiger partial charge in [0.2, 0.25) is 0 Å². The van der Waals surface area contributed by atoms with E-state index in [0.29, 0.717) is 5.56 Å². The van der Waals surface area contributed by atoms with Crippen molar-refractivity contribution in [1.82, 2.24) is 0 Å². The minimum absolute atomic E-state index is 0.0134. The molecular formula is C13H13BrO5. The molecule has 102 valence electrons. The molecule has 0 fully saturated rings. The number of ether oxygens (including phenoxy) is 1. The third-order valence-electron chi connectivity index (χ3n) is 2.38. The van der Waals surface area contributed by atoms with Gasteiger partial charge in [-0.25, -0.2) is 9.59 Å². The van der Waals surface area contributed by atoms with Crippen molar-refractivity contribution in [3.63, 3.8) is 0 Å². The number of aromatic carboxylic acids is 1. The summed E-state index contributed by atoms with van der Waals surface area (Å²) in [5, 5.41) is 9.07. The first kappa shape index (κ1) is 15.4. The van der Waals surface area contributed by atoms with Crippen molar-refractivity contribution in [3.8, 4) is 0 Å². The summed E-state index contributed by atoms with van der Waals surface area (Å²) in [6.07, 6.45) is -0.0134. The highest BCUT2D eigenvalue weighted by Crippen LogP contribution is 2.15. The molecular weight excluding hydrogens is 316 g/mol. The van der Waals surface area contributed by atoms with Crippen molar-refractivity contribution in [1.29, 1.82) is 0 Å². The molecule has 0 radical (unpaired) electrons. The van der Waals surface area contributed by atoms with Crippen molar-refractivity contribution < 1.29 is 24.2 Å². The van der Waals surface area contributed by atoms with Gasteiger partial charge in [0.1, 0.15) is 5.78 Å². The lowest BCUT2D eigenvalue weighted by Gasteiger charge is -2.09. The number of halogens is 1. The lowest BCUT2D eigenvalue weighted by atomic mass is 9.99. The summed E-state index contributed by atoms with van der Waals surface area (Å²) in [6.45, 7) is 1.89. The molecule has 0 heterocycles. The maximum absolute atomic E-state index is 11.7. The first-order valence-corrected chi connectivity index (χ1v) is 6.72. The number of carboxylic acids is 1. The summed E-state index contributed by atoms with van der Waals surface area (Å²) >= 11 is 3.03. The molecule has 0 aliphatic carbocycles. The van der Waals surface area contributed by atoms with E-state index >= 15 is 0 Å². The van der Waals surface area contributed by atoms with E-state index in [4.69, 9.17) is 9.84 Å². The van der Waals surface area contributed by atoms with E-state index in [1.54, 1.807) is 6.92 Å². The number of alkyl halides is 1. The van der Waals surface area contributed by atoms with E-state index < -0.39 is 11.9 Å². The van der Waals surface area contributed by atoms with Crippen LogP contribution in [0, 0.1) is 0 Å². The minimum atomic E-state index is -1.11. The number of hydrogen-bond donors (Lipinski definition) is 1. The summed E-state index contributed by atoms with van der Waals surface area (Å²) < 4.78 is 4.87. The number of carboxylic acid groups (broad SMARTS) is 1. The molecule has 1 rings (SSSR count). The Balaban J connectivity index is 3.18. The molecule has 1 aromatic rings. The van der Waals surface area contributed by atoms with Gasteiger partial charge in [-0.3, -0.25) is 4.79 Å². The van der Waals surface area contributed by atoms with E-state index in [2.05, 4.69) is 15.9 Å². The lowest BCUT2D eigenvalue weighted by molar-refractivity contribution is -0.115. The van der Waals surface area contributed by atoms with Crippen LogP contribution in [-0.4, -0.2) is 34.8 Å². The summed E-state index contributed by atoms with van der Waals surface area (Å²) in [5.41, 5.74) is 0.620. The number of hydrogen-bond acceptors (Lipinski definition) is 4. The van der Waals surface area contributed by atoms with E-state index in [0.717, 1.165) is 0 Å². The summed E-state index contributed by atoms with van der Waals surface area (Å²) in [4.78, 5) is 34.1. The molecule has 0 unspecified atom stereocenters. The van der Waals surface area contributed by atoms with E-state index in [9.17, 15) is 14.4 Å². The monoisotopic (exact) mass is 328 g/mol. The Hall–Kier alpha value is -1.69. The largest absolute Gasteiger partial charge is 0.478 e. The van der Waals surface area contributed by atoms with Crippen LogP contribution in [0.5, 0.6) is 0 Å². The average Bonchev–Trinajstić information content (AvgIpc) is 2.38. The Bertz CT molecular complexity index is 510. The molecule has 1 aromatic carbocycles. The van der Waals surface area contributed by atoms with E-state index in [1.807, 2.05) is 0 Å². The number of ketones is 1. The highest BCUT2D eigenvalue weighted by Gasteiger charge is 2.17. The van der Waals surface area contributed by atoms with Crippen LogP contribution < -0.4 is 0 Å². The third-order valence-corrected chi connectivity index (χ3v) is 3.01. The molecule has 0 bridgehead atoms. The van der Waals surface area contributed by atoms with Gasteiger partial charge >= 0.3 is 11.9 Å². The van der Waals surface area contributed by atoms with Gasteiger partial charge in [0.25, 0.3) is 0 Å². The highest BCUT2D eigenvalue weighted by molar-refractivity contribution is 9.09. The van der Waals surface area contributed by atoms with E-state index in [-0.39, 0.29) is 35.3 Å². The Morgan fingerprint density at radius 3 is 2.53 bits per heavy atom. The topological polar surface area (TPSA) is 80.7 Å². The van der Waals surface area contributed by atoms with Crippen LogP contribution in [0.4, 0.5) is 0 Å². The highest BCUT2D eigenvalue weighted by atomic mass is 79.9. The van der Waals surface area contributed by atoms with Crippen LogP contribution in [0.3, 0.4) is 0 Å². The van der Waals surface area contributed by atoms with Crippen LogP contribution in [0.1, 0.15) is 33.2 Å². The lowest BCUT2D eigenvalue weighted by Crippen LogP contribution is -2.13. The summed E-state index contributed by atoms with van der Waals surface area (Å²) in [6, 6.07) is 4.02. The standard InChI is InChI=1S/C13H13BrO5/c1-2-19-13(18)11-4-3-8(12(16)17)5-9(11)6-10(15)7-14/h3-5H,2,6-7H2,1H3,(H,16,17). The molecule has 0 saturated carbocycles. The zero-order valence-corrected chi connectivity index (χ0v) is 11.9. The number of carbonyl (C=O) groups is 3. The summed E-state index contributed by atoms with van der Waals surface area (Å²) in [7, 11) is 0. The molecule has 0 saturated heterocycles. The van der Waals surface area contributed by atoms with Gasteiger partial charge in [-0.1, -0.05) is 15.9 Å². The molecule has 6 heteroatoms. The van der Waals surface area contributed by atoms with Crippen LogP contribution in [0.2, 0.25) is 0 Å². The predicted octanol–water partition coefficient (Wildman–Crippen LogP) is 2.07. The molecule has 5 nitrogen and oxygen atoms in total. The first-order chi connectivity index (χ1) is 8.99. The van der Waals surface area contributed by atoms with E-state index in [1.165, 1.54) is 18.2 Å². The van der Waals surface area contributed by atoms with Gasteiger partial charge in [-0.15, -0.1) is 0 Å². The van der Waals surface area contributed by atoms with Crippen molar-refractivity contribution in [2.24, 2.45) is 0 Å². The molecule has 19 heavy (non-hydrogen) atoms. The number of Topliss-reactive ketones (excluding diaryl/α,β-unsaturated/α-hetero) is 1. The number of esters is 1. The van der Waals surface area contributed by atoms with Crippen LogP contribution in [-0.2, 0) is 16.0 Å².